The van der Waals surface area contributed by atoms with E-state index in [1.807, 2.05) is 31.6 Å². The van der Waals surface area contributed by atoms with Crippen LogP contribution < -0.4 is 5.32 Å². The molecule has 1 amide bonds. The summed E-state index contributed by atoms with van der Waals surface area (Å²) in [5, 5.41) is 8.03. The third-order valence-electron chi connectivity index (χ3n) is 5.11. The number of nitrogens with zero attached hydrogens (tertiary/aromatic N) is 5. The van der Waals surface area contributed by atoms with E-state index in [0.29, 0.717) is 18.5 Å². The number of anilines is 1. The van der Waals surface area contributed by atoms with Gasteiger partial charge in [0.2, 0.25) is 5.91 Å². The minimum absolute atomic E-state index is 0.0564. The van der Waals surface area contributed by atoms with Gasteiger partial charge in [0.25, 0.3) is 0 Å². The van der Waals surface area contributed by atoms with Crippen LogP contribution in [0.25, 0.3) is 22.0 Å². The van der Waals surface area contributed by atoms with Crippen molar-refractivity contribution in [2.75, 3.05) is 32.1 Å². The van der Waals surface area contributed by atoms with Gasteiger partial charge >= 0.3 is 0 Å². The van der Waals surface area contributed by atoms with E-state index in [4.69, 9.17) is 4.74 Å². The molecule has 0 aromatic carbocycles. The maximum absolute atomic E-state index is 12.4. The van der Waals surface area contributed by atoms with Crippen LogP contribution in [0.4, 0.5) is 5.82 Å². The third kappa shape index (κ3) is 4.18. The predicted molar refractivity (Wildman–Crippen MR) is 107 cm³/mol. The van der Waals surface area contributed by atoms with Crippen molar-refractivity contribution < 1.29 is 9.53 Å². The van der Waals surface area contributed by atoms with E-state index in [9.17, 15) is 4.79 Å². The van der Waals surface area contributed by atoms with Gasteiger partial charge in [-0.25, -0.2) is 4.98 Å². The van der Waals surface area contributed by atoms with Crippen molar-refractivity contribution in [1.29, 1.82) is 0 Å². The first kappa shape index (κ1) is 18.5. The fourth-order valence-corrected chi connectivity index (χ4v) is 3.52. The van der Waals surface area contributed by atoms with Crippen LogP contribution in [-0.2, 0) is 16.6 Å². The molecule has 0 atom stereocenters. The van der Waals surface area contributed by atoms with Gasteiger partial charge in [-0.05, 0) is 25.0 Å². The maximum atomic E-state index is 12.4. The Morgan fingerprint density at radius 3 is 2.71 bits per heavy atom. The fraction of sp³-hybridized carbons (Fsp3) is 0.400. The number of carbonyl (C=O) groups excluding carboxylic acids is 1. The van der Waals surface area contributed by atoms with Crippen LogP contribution in [0, 0.1) is 0 Å². The van der Waals surface area contributed by atoms with Gasteiger partial charge < -0.3 is 10.1 Å². The normalized spacial score (nSPS) is 15.8. The Kier molecular flexibility index (Phi) is 5.31. The Morgan fingerprint density at radius 1 is 1.18 bits per heavy atom. The van der Waals surface area contributed by atoms with E-state index < -0.39 is 0 Å². The molecule has 0 bridgehead atoms. The summed E-state index contributed by atoms with van der Waals surface area (Å²) in [6.45, 7) is 2.11. The first-order valence-electron chi connectivity index (χ1n) is 9.40. The highest BCUT2D eigenvalue weighted by Crippen LogP contribution is 2.23. The summed E-state index contributed by atoms with van der Waals surface area (Å²) in [4.78, 5) is 23.3. The zero-order valence-corrected chi connectivity index (χ0v) is 16.1. The second-order valence-corrected chi connectivity index (χ2v) is 7.15. The zero-order valence-electron chi connectivity index (χ0n) is 16.1. The topological polar surface area (TPSA) is 85.2 Å². The maximum Gasteiger partial charge on any atom is 0.239 e. The quantitative estimate of drug-likeness (QED) is 0.729. The fourth-order valence-electron chi connectivity index (χ4n) is 3.52. The van der Waals surface area contributed by atoms with Crippen molar-refractivity contribution in [1.82, 2.24) is 24.6 Å². The van der Waals surface area contributed by atoms with E-state index in [2.05, 4.69) is 25.3 Å². The van der Waals surface area contributed by atoms with E-state index in [1.54, 1.807) is 24.2 Å². The summed E-state index contributed by atoms with van der Waals surface area (Å²) in [7, 11) is 3.63. The number of aryl methyl sites for hydroxylation is 1. The van der Waals surface area contributed by atoms with Crippen LogP contribution in [0.3, 0.4) is 0 Å². The number of carbonyl (C=O) groups is 1. The first-order chi connectivity index (χ1) is 13.6. The van der Waals surface area contributed by atoms with Crippen molar-refractivity contribution in [3.05, 3.63) is 36.9 Å². The highest BCUT2D eigenvalue weighted by atomic mass is 16.5. The SMILES string of the molecule is COC1CCN(CC(=O)Nc2cc3cc(-c4cnn(C)c4)cnc3cn2)CC1. The van der Waals surface area contributed by atoms with Crippen LogP contribution >= 0.6 is 0 Å². The van der Waals surface area contributed by atoms with Crippen molar-refractivity contribution in [3.8, 4) is 11.1 Å². The number of hydrogen-bond acceptors (Lipinski definition) is 6. The molecule has 0 saturated carbocycles. The molecule has 28 heavy (non-hydrogen) atoms. The molecule has 0 spiro atoms. The van der Waals surface area contributed by atoms with Crippen LogP contribution in [0.5, 0.6) is 0 Å². The molecule has 1 N–H and O–H groups in total. The van der Waals surface area contributed by atoms with Crippen molar-refractivity contribution in [2.45, 2.75) is 18.9 Å². The summed E-state index contributed by atoms with van der Waals surface area (Å²) in [6, 6.07) is 3.89. The largest absolute Gasteiger partial charge is 0.381 e. The number of rotatable bonds is 5. The lowest BCUT2D eigenvalue weighted by atomic mass is 10.1. The molecule has 146 valence electrons. The van der Waals surface area contributed by atoms with Gasteiger partial charge in [-0.2, -0.15) is 5.10 Å². The summed E-state index contributed by atoms with van der Waals surface area (Å²) >= 11 is 0. The van der Waals surface area contributed by atoms with Gasteiger partial charge in [-0.1, -0.05) is 0 Å². The number of nitrogens with one attached hydrogen (secondary N) is 1. The molecule has 1 aliphatic heterocycles. The Bertz CT molecular complexity index is 978. The lowest BCUT2D eigenvalue weighted by Gasteiger charge is -2.30. The molecular weight excluding hydrogens is 356 g/mol. The monoisotopic (exact) mass is 380 g/mol. The average molecular weight is 380 g/mol. The van der Waals surface area contributed by atoms with Crippen LogP contribution in [0.1, 0.15) is 12.8 Å². The Labute approximate surface area is 163 Å². The van der Waals surface area contributed by atoms with E-state index in [-0.39, 0.29) is 5.91 Å². The molecule has 0 radical (unpaired) electrons. The molecular formula is C20H24N6O2. The number of pyridine rings is 2. The highest BCUT2D eigenvalue weighted by Gasteiger charge is 2.20. The Hall–Kier alpha value is -2.84. The first-order valence-corrected chi connectivity index (χ1v) is 9.40. The van der Waals surface area contributed by atoms with Gasteiger partial charge in [0, 0.05) is 56.2 Å². The molecule has 1 aliphatic rings. The number of hydrogen-bond donors (Lipinski definition) is 1. The van der Waals surface area contributed by atoms with Gasteiger partial charge in [0.1, 0.15) is 5.82 Å². The molecule has 0 unspecified atom stereocenters. The number of methoxy groups -OCH3 is 1. The van der Waals surface area contributed by atoms with Crippen LogP contribution in [0.2, 0.25) is 0 Å². The molecule has 4 heterocycles. The summed E-state index contributed by atoms with van der Waals surface area (Å²) in [5.41, 5.74) is 2.76. The number of likely N-dealkylation sites (tertiary alicyclic amines) is 1. The highest BCUT2D eigenvalue weighted by molar-refractivity contribution is 5.93. The van der Waals surface area contributed by atoms with Gasteiger partial charge in [-0.3, -0.25) is 19.4 Å². The smallest absolute Gasteiger partial charge is 0.239 e. The Morgan fingerprint density at radius 2 is 2.00 bits per heavy atom. The van der Waals surface area contributed by atoms with Crippen molar-refractivity contribution in [2.24, 2.45) is 7.05 Å². The molecule has 1 fully saturated rings. The van der Waals surface area contributed by atoms with E-state index in [1.165, 1.54) is 0 Å². The minimum Gasteiger partial charge on any atom is -0.381 e. The van der Waals surface area contributed by atoms with E-state index >= 15 is 0 Å². The lowest BCUT2D eigenvalue weighted by molar-refractivity contribution is -0.117. The summed E-state index contributed by atoms with van der Waals surface area (Å²) in [6.07, 6.45) is 9.47. The van der Waals surface area contributed by atoms with E-state index in [0.717, 1.165) is 48.0 Å². The number of aromatic nitrogens is 4. The van der Waals surface area contributed by atoms with Crippen molar-refractivity contribution in [3.63, 3.8) is 0 Å². The van der Waals surface area contributed by atoms with Gasteiger partial charge in [0.05, 0.1) is 30.6 Å². The molecule has 4 rings (SSSR count). The molecule has 3 aromatic rings. The standard InChI is InChI=1S/C20H24N6O2/c1-25-12-16(10-23-25)15-7-14-8-19(22-11-18(14)21-9-15)24-20(27)13-26-5-3-17(28-2)4-6-26/h7-12,17H,3-6,13H2,1-2H3,(H,22,24,27). The van der Waals surface area contributed by atoms with Crippen LogP contribution in [-0.4, -0.2) is 63.4 Å². The number of amides is 1. The molecule has 8 nitrogen and oxygen atoms in total. The zero-order chi connectivity index (χ0) is 19.5. The second kappa shape index (κ2) is 8.04. The summed E-state index contributed by atoms with van der Waals surface area (Å²) in [5.74, 6) is 0.480. The predicted octanol–water partition coefficient (Wildman–Crippen LogP) is 2.08. The molecule has 8 heteroatoms. The minimum atomic E-state index is -0.0564. The van der Waals surface area contributed by atoms with Gasteiger partial charge in [-0.15, -0.1) is 0 Å². The van der Waals surface area contributed by atoms with Gasteiger partial charge in [0.15, 0.2) is 0 Å². The van der Waals surface area contributed by atoms with Crippen molar-refractivity contribution >= 4 is 22.6 Å². The summed E-state index contributed by atoms with van der Waals surface area (Å²) < 4.78 is 7.13. The molecule has 0 aliphatic carbocycles. The van der Waals surface area contributed by atoms with Crippen LogP contribution in [0.15, 0.2) is 36.9 Å². The lowest BCUT2D eigenvalue weighted by Crippen LogP contribution is -2.41. The number of fused-ring (bicyclic) bond motifs is 1. The third-order valence-corrected chi connectivity index (χ3v) is 5.11. The molecule has 3 aromatic heterocycles. The number of ether oxygens (including phenoxy) is 1. The second-order valence-electron chi connectivity index (χ2n) is 7.15. The number of piperidine rings is 1. The molecule has 1 saturated heterocycles. The average Bonchev–Trinajstić information content (AvgIpc) is 3.14. The Balaban J connectivity index is 1.44.